The molecule has 0 radical (unpaired) electrons. The predicted octanol–water partition coefficient (Wildman–Crippen LogP) is 3.11. The second-order valence-electron chi connectivity index (χ2n) is 4.70. The molecule has 1 amide bonds. The Labute approximate surface area is 117 Å². The number of carbonyl (C=O) groups is 1. The van der Waals surface area contributed by atoms with E-state index < -0.39 is 0 Å². The van der Waals surface area contributed by atoms with Crippen LogP contribution in [0, 0.1) is 12.7 Å². The Hall–Kier alpha value is -2.36. The first-order chi connectivity index (χ1) is 9.50. The molecule has 0 saturated carbocycles. The highest BCUT2D eigenvalue weighted by molar-refractivity contribution is 5.96. The molecular formula is C16H16FNO2. The molecule has 0 aliphatic heterocycles. The van der Waals surface area contributed by atoms with Crippen molar-refractivity contribution in [2.75, 3.05) is 7.05 Å². The van der Waals surface area contributed by atoms with E-state index in [0.717, 1.165) is 0 Å². The second-order valence-corrected chi connectivity index (χ2v) is 4.70. The quantitative estimate of drug-likeness (QED) is 0.933. The van der Waals surface area contributed by atoms with Crippen molar-refractivity contribution >= 4 is 5.91 Å². The first-order valence-electron chi connectivity index (χ1n) is 6.28. The molecule has 2 rings (SSSR count). The Bertz CT molecular complexity index is 640. The third kappa shape index (κ3) is 2.79. The summed E-state index contributed by atoms with van der Waals surface area (Å²) in [4.78, 5) is 13.8. The summed E-state index contributed by atoms with van der Waals surface area (Å²) in [5.74, 6) is -0.503. The van der Waals surface area contributed by atoms with Crippen LogP contribution < -0.4 is 0 Å². The average Bonchev–Trinajstić information content (AvgIpc) is 2.43. The van der Waals surface area contributed by atoms with Crippen molar-refractivity contribution in [3.63, 3.8) is 0 Å². The average molecular weight is 273 g/mol. The van der Waals surface area contributed by atoms with Crippen LogP contribution in [-0.2, 0) is 6.54 Å². The van der Waals surface area contributed by atoms with Gasteiger partial charge in [-0.25, -0.2) is 4.39 Å². The summed E-state index contributed by atoms with van der Waals surface area (Å²) in [5.41, 5.74) is 1.41. The Balaban J connectivity index is 2.21. The first-order valence-corrected chi connectivity index (χ1v) is 6.28. The van der Waals surface area contributed by atoms with Crippen molar-refractivity contribution in [1.29, 1.82) is 0 Å². The molecule has 4 heteroatoms. The molecule has 0 aromatic heterocycles. The number of halogens is 1. The van der Waals surface area contributed by atoms with E-state index in [-0.39, 0.29) is 24.0 Å². The molecule has 104 valence electrons. The molecule has 2 aromatic rings. The lowest BCUT2D eigenvalue weighted by atomic mass is 10.1. The van der Waals surface area contributed by atoms with Crippen molar-refractivity contribution < 1.29 is 14.3 Å². The standard InChI is InChI=1S/C16H16FNO2/c1-11-13(7-5-9-15(11)19)16(20)18(2)10-12-6-3-4-8-14(12)17/h3-9,19H,10H2,1-2H3. The van der Waals surface area contributed by atoms with E-state index in [1.807, 2.05) is 0 Å². The molecule has 0 atom stereocenters. The molecule has 0 heterocycles. The SMILES string of the molecule is Cc1c(O)cccc1C(=O)N(C)Cc1ccccc1F. The highest BCUT2D eigenvalue weighted by Gasteiger charge is 2.16. The van der Waals surface area contributed by atoms with Gasteiger partial charge in [0.2, 0.25) is 0 Å². The van der Waals surface area contributed by atoms with Crippen LogP contribution in [0.3, 0.4) is 0 Å². The van der Waals surface area contributed by atoms with Crippen molar-refractivity contribution in [2.45, 2.75) is 13.5 Å². The first kappa shape index (κ1) is 14.1. The van der Waals surface area contributed by atoms with Gasteiger partial charge in [-0.1, -0.05) is 24.3 Å². The van der Waals surface area contributed by atoms with Crippen molar-refractivity contribution in [3.8, 4) is 5.75 Å². The fourth-order valence-corrected chi connectivity index (χ4v) is 2.01. The highest BCUT2D eigenvalue weighted by atomic mass is 19.1. The third-order valence-corrected chi connectivity index (χ3v) is 3.25. The van der Waals surface area contributed by atoms with Crippen molar-refractivity contribution in [3.05, 3.63) is 65.0 Å². The number of carbonyl (C=O) groups excluding carboxylic acids is 1. The number of hydrogen-bond donors (Lipinski definition) is 1. The molecule has 0 bridgehead atoms. The number of aromatic hydroxyl groups is 1. The predicted molar refractivity (Wildman–Crippen MR) is 75.0 cm³/mol. The van der Waals surface area contributed by atoms with Gasteiger partial charge in [-0.15, -0.1) is 0 Å². The zero-order valence-corrected chi connectivity index (χ0v) is 11.4. The van der Waals surface area contributed by atoms with Gasteiger partial charge in [-0.3, -0.25) is 4.79 Å². The minimum absolute atomic E-state index is 0.0788. The molecule has 0 aliphatic rings. The summed E-state index contributed by atoms with van der Waals surface area (Å²) in [6, 6.07) is 11.2. The van der Waals surface area contributed by atoms with Gasteiger partial charge >= 0.3 is 0 Å². The fraction of sp³-hybridized carbons (Fsp3) is 0.188. The molecule has 0 saturated heterocycles. The molecule has 2 aromatic carbocycles. The van der Waals surface area contributed by atoms with Gasteiger partial charge in [0.25, 0.3) is 5.91 Å². The lowest BCUT2D eigenvalue weighted by Gasteiger charge is -2.19. The molecule has 1 N–H and O–H groups in total. The van der Waals surface area contributed by atoms with Crippen LogP contribution in [0.15, 0.2) is 42.5 Å². The molecule has 0 unspecified atom stereocenters. The van der Waals surface area contributed by atoms with E-state index in [0.29, 0.717) is 16.7 Å². The number of phenols is 1. The lowest BCUT2D eigenvalue weighted by molar-refractivity contribution is 0.0782. The van der Waals surface area contributed by atoms with Gasteiger partial charge in [-0.2, -0.15) is 0 Å². The summed E-state index contributed by atoms with van der Waals surface area (Å²) >= 11 is 0. The number of benzene rings is 2. The Kier molecular flexibility index (Phi) is 4.03. The zero-order chi connectivity index (χ0) is 14.7. The van der Waals surface area contributed by atoms with E-state index in [1.54, 1.807) is 44.3 Å². The van der Waals surface area contributed by atoms with E-state index in [4.69, 9.17) is 0 Å². The summed E-state index contributed by atoms with van der Waals surface area (Å²) < 4.78 is 13.6. The van der Waals surface area contributed by atoms with E-state index in [2.05, 4.69) is 0 Å². The van der Waals surface area contributed by atoms with Gasteiger partial charge in [0.15, 0.2) is 0 Å². The largest absolute Gasteiger partial charge is 0.508 e. The summed E-state index contributed by atoms with van der Waals surface area (Å²) in [7, 11) is 1.61. The van der Waals surface area contributed by atoms with Crippen LogP contribution in [-0.4, -0.2) is 23.0 Å². The molecule has 20 heavy (non-hydrogen) atoms. The van der Waals surface area contributed by atoms with Gasteiger partial charge in [0, 0.05) is 30.3 Å². The summed E-state index contributed by atoms with van der Waals surface area (Å²) in [6.07, 6.45) is 0. The van der Waals surface area contributed by atoms with Gasteiger partial charge < -0.3 is 10.0 Å². The van der Waals surface area contributed by atoms with Gasteiger partial charge in [0.1, 0.15) is 11.6 Å². The molecular weight excluding hydrogens is 257 g/mol. The Morgan fingerprint density at radius 1 is 1.20 bits per heavy atom. The normalized spacial score (nSPS) is 10.3. The lowest BCUT2D eigenvalue weighted by Crippen LogP contribution is -2.27. The number of amides is 1. The maximum Gasteiger partial charge on any atom is 0.254 e. The van der Waals surface area contributed by atoms with Crippen LogP contribution in [0.2, 0.25) is 0 Å². The molecule has 0 aliphatic carbocycles. The van der Waals surface area contributed by atoms with Crippen molar-refractivity contribution in [1.82, 2.24) is 4.90 Å². The smallest absolute Gasteiger partial charge is 0.254 e. The third-order valence-electron chi connectivity index (χ3n) is 3.25. The Morgan fingerprint density at radius 2 is 1.90 bits per heavy atom. The monoisotopic (exact) mass is 273 g/mol. The van der Waals surface area contributed by atoms with Gasteiger partial charge in [0.05, 0.1) is 0 Å². The van der Waals surface area contributed by atoms with E-state index in [9.17, 15) is 14.3 Å². The van der Waals surface area contributed by atoms with Crippen LogP contribution in [0.25, 0.3) is 0 Å². The number of rotatable bonds is 3. The highest BCUT2D eigenvalue weighted by Crippen LogP contribution is 2.21. The minimum Gasteiger partial charge on any atom is -0.508 e. The van der Waals surface area contributed by atoms with Crippen LogP contribution in [0.4, 0.5) is 4.39 Å². The maximum absolute atomic E-state index is 13.6. The second kappa shape index (κ2) is 5.74. The topological polar surface area (TPSA) is 40.5 Å². The van der Waals surface area contributed by atoms with Crippen LogP contribution in [0.1, 0.15) is 21.5 Å². The van der Waals surface area contributed by atoms with Crippen LogP contribution >= 0.6 is 0 Å². The summed E-state index contributed by atoms with van der Waals surface area (Å²) in [6.45, 7) is 1.86. The number of nitrogens with zero attached hydrogens (tertiary/aromatic N) is 1. The fourth-order valence-electron chi connectivity index (χ4n) is 2.01. The summed E-state index contributed by atoms with van der Waals surface area (Å²) in [5, 5.41) is 9.63. The van der Waals surface area contributed by atoms with Crippen molar-refractivity contribution in [2.24, 2.45) is 0 Å². The zero-order valence-electron chi connectivity index (χ0n) is 11.4. The molecule has 3 nitrogen and oxygen atoms in total. The van der Waals surface area contributed by atoms with Crippen LogP contribution in [0.5, 0.6) is 5.75 Å². The molecule has 0 spiro atoms. The van der Waals surface area contributed by atoms with E-state index in [1.165, 1.54) is 17.0 Å². The minimum atomic E-state index is -0.334. The number of phenolic OH excluding ortho intramolecular Hbond substituents is 1. The maximum atomic E-state index is 13.6. The number of hydrogen-bond acceptors (Lipinski definition) is 2. The molecule has 0 fully saturated rings. The Morgan fingerprint density at radius 3 is 2.60 bits per heavy atom. The van der Waals surface area contributed by atoms with E-state index >= 15 is 0 Å². The van der Waals surface area contributed by atoms with Gasteiger partial charge in [-0.05, 0) is 25.1 Å².